The molecular formula is C15H14FN5OS. The van der Waals surface area contributed by atoms with Crippen LogP contribution >= 0.6 is 11.8 Å². The highest BCUT2D eigenvalue weighted by Crippen LogP contribution is 2.34. The van der Waals surface area contributed by atoms with Gasteiger partial charge in [0, 0.05) is 11.8 Å². The second-order valence-corrected chi connectivity index (χ2v) is 6.14. The zero-order valence-corrected chi connectivity index (χ0v) is 13.3. The third-order valence-electron chi connectivity index (χ3n) is 3.31. The van der Waals surface area contributed by atoms with Gasteiger partial charge >= 0.3 is 0 Å². The van der Waals surface area contributed by atoms with Crippen molar-refractivity contribution >= 4 is 23.3 Å². The molecule has 3 aromatic rings. The van der Waals surface area contributed by atoms with Gasteiger partial charge in [0.15, 0.2) is 10.8 Å². The lowest BCUT2D eigenvalue weighted by Gasteiger charge is -2.12. The summed E-state index contributed by atoms with van der Waals surface area (Å²) in [5, 5.41) is 8.04. The quantitative estimate of drug-likeness (QED) is 0.741. The Morgan fingerprint density at radius 2 is 1.96 bits per heavy atom. The van der Waals surface area contributed by atoms with Crippen LogP contribution in [0.2, 0.25) is 0 Å². The van der Waals surface area contributed by atoms with Crippen LogP contribution in [0.4, 0.5) is 4.39 Å². The average molecular weight is 331 g/mol. The molecule has 0 radical (unpaired) electrons. The second-order valence-electron chi connectivity index (χ2n) is 5.07. The Balaban J connectivity index is 2.01. The van der Waals surface area contributed by atoms with Crippen molar-refractivity contribution in [2.24, 2.45) is 5.73 Å². The number of nitrogens with two attached hydrogens (primary N) is 1. The third kappa shape index (κ3) is 3.02. The van der Waals surface area contributed by atoms with Crippen molar-refractivity contribution in [1.82, 2.24) is 19.6 Å². The summed E-state index contributed by atoms with van der Waals surface area (Å²) < 4.78 is 14.8. The van der Waals surface area contributed by atoms with Crippen LogP contribution in [0.25, 0.3) is 5.65 Å². The fourth-order valence-corrected chi connectivity index (χ4v) is 3.35. The van der Waals surface area contributed by atoms with E-state index in [1.807, 2.05) is 13.8 Å². The van der Waals surface area contributed by atoms with Gasteiger partial charge in [0.25, 0.3) is 0 Å². The molecule has 0 unspecified atom stereocenters. The van der Waals surface area contributed by atoms with E-state index in [1.165, 1.54) is 24.3 Å². The minimum absolute atomic E-state index is 0.370. The number of fused-ring (bicyclic) bond motifs is 1. The van der Waals surface area contributed by atoms with Crippen LogP contribution in [0.15, 0.2) is 35.5 Å². The molecule has 118 valence electrons. The number of thioether (sulfide) groups is 1. The first-order valence-corrected chi connectivity index (χ1v) is 7.74. The minimum atomic E-state index is -0.691. The number of hydrogen-bond donors (Lipinski definition) is 1. The van der Waals surface area contributed by atoms with E-state index in [4.69, 9.17) is 5.73 Å². The highest BCUT2D eigenvalue weighted by molar-refractivity contribution is 8.00. The molecule has 0 spiro atoms. The lowest BCUT2D eigenvalue weighted by atomic mass is 10.1. The Hall–Kier alpha value is -2.48. The second kappa shape index (κ2) is 5.96. The highest BCUT2D eigenvalue weighted by atomic mass is 32.2. The van der Waals surface area contributed by atoms with E-state index in [2.05, 4.69) is 15.2 Å². The third-order valence-corrected chi connectivity index (χ3v) is 4.53. The lowest BCUT2D eigenvalue weighted by molar-refractivity contribution is -0.117. The largest absolute Gasteiger partial charge is 0.368 e. The van der Waals surface area contributed by atoms with Gasteiger partial charge in [-0.2, -0.15) is 0 Å². The van der Waals surface area contributed by atoms with E-state index in [0.717, 1.165) is 23.3 Å². The van der Waals surface area contributed by atoms with Crippen LogP contribution in [-0.2, 0) is 4.79 Å². The van der Waals surface area contributed by atoms with Gasteiger partial charge in [0.1, 0.15) is 16.9 Å². The van der Waals surface area contributed by atoms with Crippen molar-refractivity contribution in [2.75, 3.05) is 0 Å². The van der Waals surface area contributed by atoms with Gasteiger partial charge in [-0.3, -0.25) is 9.20 Å². The molecule has 23 heavy (non-hydrogen) atoms. The summed E-state index contributed by atoms with van der Waals surface area (Å²) in [6.45, 7) is 3.71. The van der Waals surface area contributed by atoms with E-state index in [1.54, 1.807) is 10.5 Å². The number of amides is 1. The summed E-state index contributed by atoms with van der Waals surface area (Å²) >= 11 is 1.16. The molecule has 0 aliphatic rings. The van der Waals surface area contributed by atoms with Crippen LogP contribution in [0.5, 0.6) is 0 Å². The highest BCUT2D eigenvalue weighted by Gasteiger charge is 2.23. The summed E-state index contributed by atoms with van der Waals surface area (Å²) in [6, 6.07) is 7.47. The molecule has 1 amide bonds. The smallest absolute Gasteiger partial charge is 0.235 e. The molecule has 0 aliphatic carbocycles. The molecule has 8 heteroatoms. The van der Waals surface area contributed by atoms with Crippen molar-refractivity contribution in [1.29, 1.82) is 0 Å². The summed E-state index contributed by atoms with van der Waals surface area (Å²) in [4.78, 5) is 16.2. The first-order chi connectivity index (χ1) is 11.0. The van der Waals surface area contributed by atoms with Crippen molar-refractivity contribution < 1.29 is 9.18 Å². The topological polar surface area (TPSA) is 86.2 Å². The molecule has 6 nitrogen and oxygen atoms in total. The van der Waals surface area contributed by atoms with Gasteiger partial charge in [0.2, 0.25) is 5.91 Å². The van der Waals surface area contributed by atoms with Crippen LogP contribution in [0.1, 0.15) is 22.3 Å². The number of hydrogen-bond acceptors (Lipinski definition) is 5. The molecule has 1 aromatic carbocycles. The first-order valence-electron chi connectivity index (χ1n) is 6.86. The standard InChI is InChI=1S/C15H14FN5OS/c1-8-7-12-19-20-15(21(12)9(2)18-8)23-13(14(17)22)10-3-5-11(16)6-4-10/h3-7,13H,1-2H3,(H2,17,22)/t13-/m1/s1. The molecule has 0 aliphatic heterocycles. The Kier molecular flexibility index (Phi) is 3.99. The number of benzene rings is 1. The summed E-state index contributed by atoms with van der Waals surface area (Å²) in [6.07, 6.45) is 0. The first kappa shape index (κ1) is 15.4. The van der Waals surface area contributed by atoms with E-state index in [9.17, 15) is 9.18 Å². The van der Waals surface area contributed by atoms with Gasteiger partial charge in [-0.25, -0.2) is 9.37 Å². The zero-order valence-electron chi connectivity index (χ0n) is 12.5. The molecule has 0 bridgehead atoms. The van der Waals surface area contributed by atoms with Crippen molar-refractivity contribution in [3.8, 4) is 0 Å². The number of carbonyl (C=O) groups is 1. The Labute approximate surface area is 135 Å². The number of nitrogens with zero attached hydrogens (tertiary/aromatic N) is 4. The average Bonchev–Trinajstić information content (AvgIpc) is 2.88. The zero-order chi connectivity index (χ0) is 16.6. The molecule has 0 saturated heterocycles. The number of aryl methyl sites for hydroxylation is 2. The monoisotopic (exact) mass is 331 g/mol. The van der Waals surface area contributed by atoms with Crippen molar-refractivity contribution in [2.45, 2.75) is 24.3 Å². The van der Waals surface area contributed by atoms with Gasteiger partial charge in [-0.05, 0) is 31.5 Å². The SMILES string of the molecule is Cc1cc2nnc(S[C@@H](C(N)=O)c3ccc(F)cc3)n2c(C)n1. The number of rotatable bonds is 4. The van der Waals surface area contributed by atoms with Crippen LogP contribution in [0.3, 0.4) is 0 Å². The maximum atomic E-state index is 13.1. The molecule has 0 fully saturated rings. The maximum absolute atomic E-state index is 13.1. The molecule has 2 aromatic heterocycles. The van der Waals surface area contributed by atoms with Crippen LogP contribution in [0, 0.1) is 19.7 Å². The predicted molar refractivity (Wildman–Crippen MR) is 84.4 cm³/mol. The van der Waals surface area contributed by atoms with Crippen molar-refractivity contribution in [3.05, 3.63) is 53.2 Å². The Morgan fingerprint density at radius 3 is 2.61 bits per heavy atom. The lowest BCUT2D eigenvalue weighted by Crippen LogP contribution is -2.19. The fourth-order valence-electron chi connectivity index (χ4n) is 2.31. The van der Waals surface area contributed by atoms with Gasteiger partial charge < -0.3 is 5.73 Å². The minimum Gasteiger partial charge on any atom is -0.368 e. The summed E-state index contributed by atoms with van der Waals surface area (Å²) in [7, 11) is 0. The predicted octanol–water partition coefficient (Wildman–Crippen LogP) is 2.20. The summed E-state index contributed by atoms with van der Waals surface area (Å²) in [5.74, 6) is -0.184. The summed E-state index contributed by atoms with van der Waals surface area (Å²) in [5.41, 5.74) is 7.60. The Morgan fingerprint density at radius 1 is 1.26 bits per heavy atom. The molecule has 2 heterocycles. The van der Waals surface area contributed by atoms with Gasteiger partial charge in [-0.15, -0.1) is 10.2 Å². The van der Waals surface area contributed by atoms with Crippen molar-refractivity contribution in [3.63, 3.8) is 0 Å². The number of halogens is 1. The van der Waals surface area contributed by atoms with Crippen LogP contribution in [-0.4, -0.2) is 25.5 Å². The van der Waals surface area contributed by atoms with Gasteiger partial charge in [0.05, 0.1) is 0 Å². The molecule has 1 atom stereocenters. The number of aromatic nitrogens is 4. The van der Waals surface area contributed by atoms with Gasteiger partial charge in [-0.1, -0.05) is 23.9 Å². The molecule has 3 rings (SSSR count). The maximum Gasteiger partial charge on any atom is 0.235 e. The van der Waals surface area contributed by atoms with E-state index >= 15 is 0 Å². The van der Waals surface area contributed by atoms with E-state index in [-0.39, 0.29) is 5.82 Å². The Bertz CT molecular complexity index is 877. The van der Waals surface area contributed by atoms with E-state index in [0.29, 0.717) is 16.4 Å². The molecular weight excluding hydrogens is 317 g/mol. The van der Waals surface area contributed by atoms with Crippen LogP contribution < -0.4 is 5.73 Å². The number of primary amides is 1. The number of carbonyl (C=O) groups excluding carboxylic acids is 1. The normalized spacial score (nSPS) is 12.5. The molecule has 0 saturated carbocycles. The fraction of sp³-hybridized carbons (Fsp3) is 0.200. The van der Waals surface area contributed by atoms with E-state index < -0.39 is 11.2 Å². The molecule has 2 N–H and O–H groups in total.